The van der Waals surface area contributed by atoms with E-state index < -0.39 is 17.2 Å². The maximum atomic E-state index is 11.0. The molecule has 3 atom stereocenters. The fourth-order valence-corrected chi connectivity index (χ4v) is 2.79. The average molecular weight is 292 g/mol. The summed E-state index contributed by atoms with van der Waals surface area (Å²) in [4.78, 5) is 12.5. The van der Waals surface area contributed by atoms with Crippen molar-refractivity contribution in [3.8, 4) is 0 Å². The van der Waals surface area contributed by atoms with Gasteiger partial charge in [0, 0.05) is 12.5 Å². The van der Waals surface area contributed by atoms with Gasteiger partial charge in [0.05, 0.1) is 25.2 Å². The first-order valence-electron chi connectivity index (χ1n) is 6.89. The number of aliphatic hydroxyl groups is 1. The predicted octanol–water partition coefficient (Wildman–Crippen LogP) is 1.15. The molecular weight excluding hydrogens is 272 g/mol. The summed E-state index contributed by atoms with van der Waals surface area (Å²) >= 11 is 0. The van der Waals surface area contributed by atoms with Gasteiger partial charge >= 0.3 is 0 Å². The molecule has 0 saturated carbocycles. The molecule has 0 radical (unpaired) electrons. The van der Waals surface area contributed by atoms with Crippen molar-refractivity contribution in [2.45, 2.75) is 38.7 Å². The Morgan fingerprint density at radius 2 is 2.14 bits per heavy atom. The lowest BCUT2D eigenvalue weighted by Gasteiger charge is -2.36. The number of hydrogen-bond acceptors (Lipinski definition) is 6. The highest BCUT2D eigenvalue weighted by atomic mass is 16.6. The van der Waals surface area contributed by atoms with Gasteiger partial charge in [-0.2, -0.15) is 0 Å². The minimum atomic E-state index is -1.09. The van der Waals surface area contributed by atoms with Gasteiger partial charge in [0.1, 0.15) is 17.4 Å². The van der Waals surface area contributed by atoms with Crippen molar-refractivity contribution in [3.63, 3.8) is 0 Å². The summed E-state index contributed by atoms with van der Waals surface area (Å²) in [6.45, 7) is 6.15. The zero-order valence-electron chi connectivity index (χ0n) is 12.6. The number of nitrogens with zero attached hydrogens (tertiary/aromatic N) is 4. The minimum absolute atomic E-state index is 0.221. The summed E-state index contributed by atoms with van der Waals surface area (Å²) in [5, 5.41) is 11.0. The first-order chi connectivity index (χ1) is 9.89. The molecule has 1 fully saturated rings. The number of ether oxygens (including phenoxy) is 2. The van der Waals surface area contributed by atoms with Crippen molar-refractivity contribution in [2.24, 2.45) is 5.41 Å². The molecule has 2 aromatic rings. The number of imidazole rings is 1. The van der Waals surface area contributed by atoms with E-state index >= 15 is 0 Å². The molecule has 0 bridgehead atoms. The Balaban J connectivity index is 2.06. The first kappa shape index (κ1) is 14.4. The topological polar surface area (TPSA) is 82.3 Å². The molecule has 0 amide bonds. The fraction of sp³-hybridized carbons (Fsp3) is 0.643. The Hall–Kier alpha value is -1.57. The van der Waals surface area contributed by atoms with Crippen molar-refractivity contribution < 1.29 is 14.6 Å². The van der Waals surface area contributed by atoms with Gasteiger partial charge in [-0.15, -0.1) is 0 Å². The van der Waals surface area contributed by atoms with Crippen LogP contribution in [0.25, 0.3) is 11.2 Å². The van der Waals surface area contributed by atoms with E-state index in [0.717, 1.165) is 0 Å². The molecule has 1 N–H and O–H groups in total. The molecule has 1 aliphatic rings. The van der Waals surface area contributed by atoms with Crippen LogP contribution in [-0.2, 0) is 9.47 Å². The van der Waals surface area contributed by atoms with Crippen molar-refractivity contribution in [3.05, 3.63) is 18.9 Å². The second-order valence-corrected chi connectivity index (χ2v) is 6.19. The molecule has 1 unspecified atom stereocenters. The third-order valence-corrected chi connectivity index (χ3v) is 4.69. The largest absolute Gasteiger partial charge is 0.385 e. The lowest BCUT2D eigenvalue weighted by Crippen LogP contribution is -2.46. The van der Waals surface area contributed by atoms with Crippen LogP contribution < -0.4 is 0 Å². The maximum absolute atomic E-state index is 11.0. The predicted molar refractivity (Wildman–Crippen MR) is 75.5 cm³/mol. The van der Waals surface area contributed by atoms with E-state index in [1.165, 1.54) is 6.33 Å². The summed E-state index contributed by atoms with van der Waals surface area (Å²) in [6, 6.07) is 0. The average Bonchev–Trinajstić information content (AvgIpc) is 2.92. The van der Waals surface area contributed by atoms with Crippen LogP contribution in [0.15, 0.2) is 18.9 Å². The lowest BCUT2D eigenvalue weighted by atomic mass is 9.73. The first-order valence-corrected chi connectivity index (χ1v) is 6.89. The van der Waals surface area contributed by atoms with Crippen LogP contribution in [0.5, 0.6) is 0 Å². The van der Waals surface area contributed by atoms with Gasteiger partial charge in [-0.05, 0) is 6.92 Å². The number of hydrogen-bond donors (Lipinski definition) is 1. The smallest absolute Gasteiger partial charge is 0.166 e. The van der Waals surface area contributed by atoms with Crippen LogP contribution in [-0.4, -0.2) is 50.0 Å². The summed E-state index contributed by atoms with van der Waals surface area (Å²) in [5.41, 5.74) is -0.249. The molecule has 3 rings (SSSR count). The van der Waals surface area contributed by atoms with E-state index in [1.807, 2.05) is 13.8 Å². The van der Waals surface area contributed by atoms with Crippen molar-refractivity contribution in [2.75, 3.05) is 13.7 Å². The van der Waals surface area contributed by atoms with E-state index in [9.17, 15) is 5.11 Å². The highest BCUT2D eigenvalue weighted by Gasteiger charge is 2.59. The lowest BCUT2D eigenvalue weighted by molar-refractivity contribution is -0.0949. The van der Waals surface area contributed by atoms with Gasteiger partial charge in [-0.25, -0.2) is 15.0 Å². The van der Waals surface area contributed by atoms with Crippen molar-refractivity contribution in [1.82, 2.24) is 19.5 Å². The minimum Gasteiger partial charge on any atom is -0.385 e. The van der Waals surface area contributed by atoms with E-state index in [2.05, 4.69) is 15.0 Å². The van der Waals surface area contributed by atoms with Crippen LogP contribution in [0.2, 0.25) is 0 Å². The zero-order chi connectivity index (χ0) is 15.3. The van der Waals surface area contributed by atoms with Gasteiger partial charge in [-0.3, -0.25) is 4.57 Å². The van der Waals surface area contributed by atoms with Gasteiger partial charge in [0.15, 0.2) is 11.9 Å². The summed E-state index contributed by atoms with van der Waals surface area (Å²) < 4.78 is 13.1. The SMILES string of the molecule is COC[C@H]1OC(n2cnc3cncnc32)[C@](C)(O)C1(C)C. The molecule has 0 aliphatic carbocycles. The molecule has 0 aromatic carbocycles. The number of rotatable bonds is 3. The van der Waals surface area contributed by atoms with Crippen molar-refractivity contribution in [1.29, 1.82) is 0 Å². The molecule has 0 spiro atoms. The van der Waals surface area contributed by atoms with Crippen LogP contribution in [0.3, 0.4) is 0 Å². The highest BCUT2D eigenvalue weighted by molar-refractivity contribution is 5.69. The Morgan fingerprint density at radius 3 is 2.86 bits per heavy atom. The molecule has 2 aromatic heterocycles. The molecule has 114 valence electrons. The summed E-state index contributed by atoms with van der Waals surface area (Å²) in [6.07, 6.45) is 3.93. The summed E-state index contributed by atoms with van der Waals surface area (Å²) in [7, 11) is 1.63. The normalized spacial score (nSPS) is 31.9. The molecule has 1 saturated heterocycles. The fourth-order valence-electron chi connectivity index (χ4n) is 2.79. The Morgan fingerprint density at radius 1 is 1.38 bits per heavy atom. The number of methoxy groups -OCH3 is 1. The zero-order valence-corrected chi connectivity index (χ0v) is 12.6. The maximum Gasteiger partial charge on any atom is 0.166 e. The second kappa shape index (κ2) is 4.72. The quantitative estimate of drug-likeness (QED) is 0.913. The molecule has 7 nitrogen and oxygen atoms in total. The van der Waals surface area contributed by atoms with Crippen molar-refractivity contribution >= 4 is 11.2 Å². The van der Waals surface area contributed by atoms with E-state index in [1.54, 1.807) is 31.1 Å². The molecule has 7 heteroatoms. The Kier molecular flexibility index (Phi) is 3.23. The monoisotopic (exact) mass is 292 g/mol. The van der Waals surface area contributed by atoms with Gasteiger partial charge < -0.3 is 14.6 Å². The summed E-state index contributed by atoms with van der Waals surface area (Å²) in [5.74, 6) is 0. The molecular formula is C14H20N4O3. The van der Waals surface area contributed by atoms with Gasteiger partial charge in [0.2, 0.25) is 0 Å². The van der Waals surface area contributed by atoms with Gasteiger partial charge in [-0.1, -0.05) is 13.8 Å². The molecule has 1 aliphatic heterocycles. The van der Waals surface area contributed by atoms with E-state index in [-0.39, 0.29) is 6.10 Å². The van der Waals surface area contributed by atoms with Crippen LogP contribution in [0.4, 0.5) is 0 Å². The molecule has 21 heavy (non-hydrogen) atoms. The van der Waals surface area contributed by atoms with Gasteiger partial charge in [0.25, 0.3) is 0 Å². The van der Waals surface area contributed by atoms with E-state index in [0.29, 0.717) is 17.8 Å². The van der Waals surface area contributed by atoms with Crippen LogP contribution in [0, 0.1) is 5.41 Å². The van der Waals surface area contributed by atoms with Crippen LogP contribution in [0.1, 0.15) is 27.0 Å². The molecule has 3 heterocycles. The van der Waals surface area contributed by atoms with Crippen LogP contribution >= 0.6 is 0 Å². The Labute approximate surface area is 122 Å². The highest BCUT2D eigenvalue weighted by Crippen LogP contribution is 2.51. The number of fused-ring (bicyclic) bond motifs is 1. The standard InChI is InChI=1S/C14H20N4O3/c1-13(2)10(6-20-4)21-12(14(13,3)19)18-8-17-9-5-15-7-16-11(9)18/h5,7-8,10,12,19H,6H2,1-4H3/t10-,12?,14+/m1/s1. The second-order valence-electron chi connectivity index (χ2n) is 6.19. The number of aromatic nitrogens is 4. The third kappa shape index (κ3) is 1.96. The van der Waals surface area contributed by atoms with E-state index in [4.69, 9.17) is 9.47 Å². The Bertz CT molecular complexity index is 652. The third-order valence-electron chi connectivity index (χ3n) is 4.69.